The highest BCUT2D eigenvalue weighted by molar-refractivity contribution is 14.1. The molecule has 0 heterocycles. The first-order valence-corrected chi connectivity index (χ1v) is 8.26. The Kier molecular flexibility index (Phi) is 6.34. The van der Waals surface area contributed by atoms with Crippen LogP contribution in [0.2, 0.25) is 0 Å². The fraction of sp³-hybridized carbons (Fsp3) is 0.118. The van der Waals surface area contributed by atoms with E-state index in [1.54, 1.807) is 36.4 Å². The number of ether oxygens (including phenoxy) is 1. The highest BCUT2D eigenvalue weighted by Gasteiger charge is 2.12. The Morgan fingerprint density at radius 1 is 1.24 bits per heavy atom. The number of carbonyl (C=O) groups is 2. The van der Waals surface area contributed by atoms with Gasteiger partial charge in [0.2, 0.25) is 0 Å². The first kappa shape index (κ1) is 18.7. The molecular weight excluding hydrogens is 439 g/mol. The summed E-state index contributed by atoms with van der Waals surface area (Å²) in [7, 11) is 0. The van der Waals surface area contributed by atoms with Crippen LogP contribution in [0, 0.1) is 3.57 Å². The van der Waals surface area contributed by atoms with Crippen molar-refractivity contribution in [3.05, 3.63) is 57.2 Å². The molecule has 7 nitrogen and oxygen atoms in total. The summed E-state index contributed by atoms with van der Waals surface area (Å²) in [6.07, 6.45) is 0.499. The second-order valence-corrected chi connectivity index (χ2v) is 6.19. The second-order valence-electron chi connectivity index (χ2n) is 5.03. The molecule has 1 atom stereocenters. The first-order valence-electron chi connectivity index (χ1n) is 7.18. The Balaban J connectivity index is 1.94. The molecule has 0 fully saturated rings. The maximum atomic E-state index is 11.9. The number of phenolic OH excluding ortho intramolecular Hbond substituents is 1. The van der Waals surface area contributed by atoms with E-state index < -0.39 is 18.0 Å². The molecule has 2 aromatic rings. The monoisotopic (exact) mass is 454 g/mol. The molecule has 0 aliphatic carbocycles. The number of carboxylic acid groups (broad SMARTS) is 1. The van der Waals surface area contributed by atoms with Gasteiger partial charge in [0, 0.05) is 5.56 Å². The van der Waals surface area contributed by atoms with Gasteiger partial charge in [0.05, 0.1) is 9.78 Å². The summed E-state index contributed by atoms with van der Waals surface area (Å²) < 4.78 is 5.86. The number of aliphatic carboxylic acids is 1. The van der Waals surface area contributed by atoms with Crippen LogP contribution in [0.5, 0.6) is 11.5 Å². The third-order valence-corrected chi connectivity index (χ3v) is 4.04. The molecule has 25 heavy (non-hydrogen) atoms. The number of benzene rings is 2. The largest absolute Gasteiger partial charge is 0.507 e. The van der Waals surface area contributed by atoms with E-state index in [1.807, 2.05) is 22.6 Å². The quantitative estimate of drug-likeness (QED) is 0.354. The van der Waals surface area contributed by atoms with Crippen molar-refractivity contribution in [2.75, 3.05) is 0 Å². The number of halogens is 1. The van der Waals surface area contributed by atoms with E-state index in [2.05, 4.69) is 10.5 Å². The van der Waals surface area contributed by atoms with Crippen molar-refractivity contribution in [1.82, 2.24) is 5.43 Å². The maximum absolute atomic E-state index is 11.9. The van der Waals surface area contributed by atoms with Crippen LogP contribution in [0.15, 0.2) is 47.6 Å². The molecule has 0 radical (unpaired) electrons. The predicted octanol–water partition coefficient (Wildman–Crippen LogP) is 2.61. The molecular formula is C17H15IN2O5. The van der Waals surface area contributed by atoms with Crippen molar-refractivity contribution in [2.45, 2.75) is 13.0 Å². The van der Waals surface area contributed by atoms with Crippen molar-refractivity contribution in [1.29, 1.82) is 0 Å². The third kappa shape index (κ3) is 5.45. The molecule has 0 spiro atoms. The number of nitrogens with zero attached hydrogens (tertiary/aromatic N) is 1. The van der Waals surface area contributed by atoms with Crippen LogP contribution in [0.25, 0.3) is 0 Å². The van der Waals surface area contributed by atoms with Crippen molar-refractivity contribution in [3.63, 3.8) is 0 Å². The zero-order valence-electron chi connectivity index (χ0n) is 13.1. The molecule has 8 heteroatoms. The van der Waals surface area contributed by atoms with Gasteiger partial charge in [-0.15, -0.1) is 0 Å². The summed E-state index contributed by atoms with van der Waals surface area (Å²) in [4.78, 5) is 22.7. The van der Waals surface area contributed by atoms with E-state index in [0.717, 1.165) is 0 Å². The van der Waals surface area contributed by atoms with Gasteiger partial charge < -0.3 is 14.9 Å². The zero-order valence-corrected chi connectivity index (χ0v) is 15.3. The molecule has 0 bridgehead atoms. The molecule has 1 unspecified atom stereocenters. The Hall–Kier alpha value is -2.62. The molecule has 0 aliphatic rings. The molecule has 1 amide bonds. The van der Waals surface area contributed by atoms with E-state index in [4.69, 9.17) is 9.84 Å². The lowest BCUT2D eigenvalue weighted by atomic mass is 10.2. The smallest absolute Gasteiger partial charge is 0.344 e. The highest BCUT2D eigenvalue weighted by atomic mass is 127. The van der Waals surface area contributed by atoms with Gasteiger partial charge in [0.25, 0.3) is 5.91 Å². The Morgan fingerprint density at radius 2 is 1.92 bits per heavy atom. The van der Waals surface area contributed by atoms with Crippen LogP contribution in [0.1, 0.15) is 22.8 Å². The SMILES string of the molecule is CC(Oc1ccc(/C=N/NC(=O)c2ccc(I)c(O)c2)cc1)C(=O)O. The zero-order chi connectivity index (χ0) is 18.4. The summed E-state index contributed by atoms with van der Waals surface area (Å²) in [6.45, 7) is 1.44. The lowest BCUT2D eigenvalue weighted by Gasteiger charge is -2.09. The minimum atomic E-state index is -1.05. The number of nitrogens with one attached hydrogen (secondary N) is 1. The van der Waals surface area contributed by atoms with E-state index in [-0.39, 0.29) is 5.75 Å². The molecule has 2 aromatic carbocycles. The topological polar surface area (TPSA) is 108 Å². The normalized spacial score (nSPS) is 11.9. The molecule has 3 N–H and O–H groups in total. The lowest BCUT2D eigenvalue weighted by Crippen LogP contribution is -2.22. The van der Waals surface area contributed by atoms with E-state index in [9.17, 15) is 14.7 Å². The molecule has 0 aliphatic heterocycles. The Bertz CT molecular complexity index is 805. The van der Waals surface area contributed by atoms with Gasteiger partial charge >= 0.3 is 5.97 Å². The average Bonchev–Trinajstić information content (AvgIpc) is 2.58. The fourth-order valence-corrected chi connectivity index (χ4v) is 2.11. The number of rotatable bonds is 6. The first-order chi connectivity index (χ1) is 11.9. The number of carboxylic acids is 1. The molecule has 0 saturated heterocycles. The minimum absolute atomic E-state index is 0.0309. The second kappa shape index (κ2) is 8.47. The summed E-state index contributed by atoms with van der Waals surface area (Å²) in [5.74, 6) is -1.04. The lowest BCUT2D eigenvalue weighted by molar-refractivity contribution is -0.144. The minimum Gasteiger partial charge on any atom is -0.507 e. The van der Waals surface area contributed by atoms with Gasteiger partial charge in [-0.05, 0) is 77.5 Å². The number of hydrogen-bond acceptors (Lipinski definition) is 5. The Labute approximate surface area is 157 Å². The van der Waals surface area contributed by atoms with Gasteiger partial charge in [-0.2, -0.15) is 5.10 Å². The number of carbonyl (C=O) groups excluding carboxylic acids is 1. The predicted molar refractivity (Wildman–Crippen MR) is 100 cm³/mol. The number of hydrazone groups is 1. The van der Waals surface area contributed by atoms with Crippen LogP contribution < -0.4 is 10.2 Å². The third-order valence-electron chi connectivity index (χ3n) is 3.13. The van der Waals surface area contributed by atoms with Gasteiger partial charge in [-0.25, -0.2) is 10.2 Å². The number of aromatic hydroxyl groups is 1. The van der Waals surface area contributed by atoms with Gasteiger partial charge in [0.15, 0.2) is 6.10 Å². The van der Waals surface area contributed by atoms with Crippen LogP contribution in [0.4, 0.5) is 0 Å². The van der Waals surface area contributed by atoms with Gasteiger partial charge in [-0.3, -0.25) is 4.79 Å². The van der Waals surface area contributed by atoms with E-state index in [0.29, 0.717) is 20.4 Å². The van der Waals surface area contributed by atoms with E-state index in [1.165, 1.54) is 19.2 Å². The maximum Gasteiger partial charge on any atom is 0.344 e. The summed E-state index contributed by atoms with van der Waals surface area (Å²) >= 11 is 1.96. The van der Waals surface area contributed by atoms with Crippen LogP contribution in [0.3, 0.4) is 0 Å². The summed E-state index contributed by atoms with van der Waals surface area (Å²) in [5.41, 5.74) is 3.35. The molecule has 130 valence electrons. The van der Waals surface area contributed by atoms with Crippen LogP contribution >= 0.6 is 22.6 Å². The molecule has 2 rings (SSSR count). The van der Waals surface area contributed by atoms with Crippen molar-refractivity contribution < 1.29 is 24.5 Å². The van der Waals surface area contributed by atoms with Crippen molar-refractivity contribution >= 4 is 40.7 Å². The highest BCUT2D eigenvalue weighted by Crippen LogP contribution is 2.20. The standard InChI is InChI=1S/C17H15IN2O5/c1-10(17(23)24)25-13-5-2-11(3-6-13)9-19-20-16(22)12-4-7-14(18)15(21)8-12/h2-10,21H,1H3,(H,20,22)(H,23,24)/b19-9+. The van der Waals surface area contributed by atoms with Crippen LogP contribution in [-0.4, -0.2) is 34.4 Å². The summed E-state index contributed by atoms with van der Waals surface area (Å²) in [5, 5.41) is 22.2. The number of amides is 1. The van der Waals surface area contributed by atoms with Gasteiger partial charge in [-0.1, -0.05) is 0 Å². The van der Waals surface area contributed by atoms with Crippen LogP contribution in [-0.2, 0) is 4.79 Å². The van der Waals surface area contributed by atoms with Gasteiger partial charge in [0.1, 0.15) is 11.5 Å². The Morgan fingerprint density at radius 3 is 2.52 bits per heavy atom. The summed E-state index contributed by atoms with van der Waals surface area (Å²) in [6, 6.07) is 11.2. The number of hydrogen-bond donors (Lipinski definition) is 3. The van der Waals surface area contributed by atoms with E-state index >= 15 is 0 Å². The molecule has 0 aromatic heterocycles. The number of phenols is 1. The van der Waals surface area contributed by atoms with Crippen molar-refractivity contribution in [2.24, 2.45) is 5.10 Å². The van der Waals surface area contributed by atoms with Crippen molar-refractivity contribution in [3.8, 4) is 11.5 Å². The fourth-order valence-electron chi connectivity index (χ4n) is 1.77. The molecule has 0 saturated carbocycles. The average molecular weight is 454 g/mol.